The Balaban J connectivity index is 0.00000324. The molecule has 0 radical (unpaired) electrons. The molecular formula is C12H24IN5O. The summed E-state index contributed by atoms with van der Waals surface area (Å²) in [7, 11) is 3.49. The van der Waals surface area contributed by atoms with Crippen LogP contribution >= 0.6 is 24.0 Å². The minimum Gasteiger partial charge on any atom is -0.385 e. The van der Waals surface area contributed by atoms with Crippen molar-refractivity contribution in [1.82, 2.24) is 20.2 Å². The molecule has 0 unspecified atom stereocenters. The second-order valence-electron chi connectivity index (χ2n) is 3.93. The van der Waals surface area contributed by atoms with Crippen LogP contribution in [0, 0.1) is 0 Å². The molecule has 0 aliphatic rings. The zero-order chi connectivity index (χ0) is 13.1. The molecule has 0 spiro atoms. The Morgan fingerprint density at radius 1 is 1.32 bits per heavy atom. The van der Waals surface area contributed by atoms with Crippen LogP contribution in [0.5, 0.6) is 0 Å². The van der Waals surface area contributed by atoms with Gasteiger partial charge in [0.1, 0.15) is 0 Å². The average molecular weight is 381 g/mol. The van der Waals surface area contributed by atoms with E-state index in [1.807, 2.05) is 12.5 Å². The molecule has 7 heteroatoms. The van der Waals surface area contributed by atoms with Crippen molar-refractivity contribution in [1.29, 1.82) is 0 Å². The first kappa shape index (κ1) is 18.2. The van der Waals surface area contributed by atoms with Gasteiger partial charge in [-0.2, -0.15) is 0 Å². The van der Waals surface area contributed by atoms with Crippen molar-refractivity contribution < 1.29 is 4.74 Å². The SMILES string of the molecule is CN=C(NCCCOC)NCCCn1ccnc1.I. The van der Waals surface area contributed by atoms with Crippen LogP contribution in [0.2, 0.25) is 0 Å². The standard InChI is InChI=1S/C12H23N5O.HI/c1-13-12(16-6-4-10-18-2)15-5-3-8-17-9-7-14-11-17;/h7,9,11H,3-6,8,10H2,1-2H3,(H2,13,15,16);1H. The summed E-state index contributed by atoms with van der Waals surface area (Å²) in [5, 5.41) is 6.51. The Morgan fingerprint density at radius 2 is 2.05 bits per heavy atom. The minimum absolute atomic E-state index is 0. The molecule has 0 aliphatic heterocycles. The van der Waals surface area contributed by atoms with E-state index in [0.717, 1.165) is 45.0 Å². The Kier molecular flexibility index (Phi) is 11.7. The fourth-order valence-electron chi connectivity index (χ4n) is 1.53. The Morgan fingerprint density at radius 3 is 2.63 bits per heavy atom. The lowest BCUT2D eigenvalue weighted by Crippen LogP contribution is -2.38. The molecule has 0 aliphatic carbocycles. The Bertz CT molecular complexity index is 329. The highest BCUT2D eigenvalue weighted by atomic mass is 127. The summed E-state index contributed by atoms with van der Waals surface area (Å²) in [5.41, 5.74) is 0. The molecule has 0 bridgehead atoms. The first-order chi connectivity index (χ1) is 8.86. The largest absolute Gasteiger partial charge is 0.385 e. The van der Waals surface area contributed by atoms with Gasteiger partial charge >= 0.3 is 0 Å². The van der Waals surface area contributed by atoms with Gasteiger partial charge in [-0.15, -0.1) is 24.0 Å². The molecule has 0 amide bonds. The molecule has 0 saturated carbocycles. The summed E-state index contributed by atoms with van der Waals surface area (Å²) < 4.78 is 7.05. The first-order valence-corrected chi connectivity index (χ1v) is 6.26. The zero-order valence-corrected chi connectivity index (χ0v) is 14.0. The number of methoxy groups -OCH3 is 1. The normalized spacial score (nSPS) is 10.9. The number of aliphatic imine (C=N–C) groups is 1. The van der Waals surface area contributed by atoms with Crippen LogP contribution in [-0.2, 0) is 11.3 Å². The molecule has 2 N–H and O–H groups in total. The van der Waals surface area contributed by atoms with E-state index in [2.05, 4.69) is 25.2 Å². The van der Waals surface area contributed by atoms with E-state index in [4.69, 9.17) is 4.74 Å². The van der Waals surface area contributed by atoms with Crippen LogP contribution in [0.25, 0.3) is 0 Å². The maximum Gasteiger partial charge on any atom is 0.190 e. The van der Waals surface area contributed by atoms with Crippen molar-refractivity contribution in [3.8, 4) is 0 Å². The van der Waals surface area contributed by atoms with E-state index >= 15 is 0 Å². The number of aryl methyl sites for hydroxylation is 1. The quantitative estimate of drug-likeness (QED) is 0.306. The summed E-state index contributed by atoms with van der Waals surface area (Å²) in [4.78, 5) is 8.16. The summed E-state index contributed by atoms with van der Waals surface area (Å²) in [6.07, 6.45) is 7.61. The van der Waals surface area contributed by atoms with Gasteiger partial charge in [0, 0.05) is 52.8 Å². The van der Waals surface area contributed by atoms with Crippen LogP contribution < -0.4 is 10.6 Å². The Hall–Kier alpha value is -0.830. The topological polar surface area (TPSA) is 63.5 Å². The molecule has 1 aromatic heterocycles. The first-order valence-electron chi connectivity index (χ1n) is 6.26. The van der Waals surface area contributed by atoms with Crippen molar-refractivity contribution in [3.05, 3.63) is 18.7 Å². The smallest absolute Gasteiger partial charge is 0.190 e. The number of imidazole rings is 1. The van der Waals surface area contributed by atoms with Crippen molar-refractivity contribution in [2.45, 2.75) is 19.4 Å². The summed E-state index contributed by atoms with van der Waals surface area (Å²) in [6.45, 7) is 3.50. The molecule has 6 nitrogen and oxygen atoms in total. The number of nitrogens with zero attached hydrogens (tertiary/aromatic N) is 3. The van der Waals surface area contributed by atoms with Crippen molar-refractivity contribution in [3.63, 3.8) is 0 Å². The molecule has 0 saturated heterocycles. The lowest BCUT2D eigenvalue weighted by Gasteiger charge is -2.11. The molecule has 0 atom stereocenters. The number of hydrogen-bond acceptors (Lipinski definition) is 3. The third-order valence-electron chi connectivity index (χ3n) is 2.49. The number of halogens is 1. The molecular weight excluding hydrogens is 357 g/mol. The zero-order valence-electron chi connectivity index (χ0n) is 11.6. The van der Waals surface area contributed by atoms with Crippen molar-refractivity contribution in [2.75, 3.05) is 33.9 Å². The summed E-state index contributed by atoms with van der Waals surface area (Å²) in [6, 6.07) is 0. The maximum absolute atomic E-state index is 4.99. The van der Waals surface area contributed by atoms with Crippen LogP contribution in [-0.4, -0.2) is 49.4 Å². The van der Waals surface area contributed by atoms with E-state index in [-0.39, 0.29) is 24.0 Å². The lowest BCUT2D eigenvalue weighted by molar-refractivity contribution is 0.195. The van der Waals surface area contributed by atoms with Crippen LogP contribution in [0.15, 0.2) is 23.7 Å². The van der Waals surface area contributed by atoms with Gasteiger partial charge in [0.25, 0.3) is 0 Å². The van der Waals surface area contributed by atoms with E-state index in [0.29, 0.717) is 0 Å². The fraction of sp³-hybridized carbons (Fsp3) is 0.667. The predicted octanol–water partition coefficient (Wildman–Crippen LogP) is 1.09. The molecule has 0 aromatic carbocycles. The predicted molar refractivity (Wildman–Crippen MR) is 88.1 cm³/mol. The average Bonchev–Trinajstić information content (AvgIpc) is 2.90. The van der Waals surface area contributed by atoms with E-state index in [1.54, 1.807) is 20.4 Å². The number of ether oxygens (including phenoxy) is 1. The van der Waals surface area contributed by atoms with Crippen LogP contribution in [0.1, 0.15) is 12.8 Å². The number of aromatic nitrogens is 2. The molecule has 0 fully saturated rings. The fourth-order valence-corrected chi connectivity index (χ4v) is 1.53. The molecule has 19 heavy (non-hydrogen) atoms. The third-order valence-corrected chi connectivity index (χ3v) is 2.49. The van der Waals surface area contributed by atoms with Crippen molar-refractivity contribution >= 4 is 29.9 Å². The molecule has 110 valence electrons. The summed E-state index contributed by atoms with van der Waals surface area (Å²) in [5.74, 6) is 0.844. The van der Waals surface area contributed by atoms with Gasteiger partial charge in [-0.25, -0.2) is 4.98 Å². The van der Waals surface area contributed by atoms with Gasteiger partial charge in [0.15, 0.2) is 5.96 Å². The van der Waals surface area contributed by atoms with Gasteiger partial charge < -0.3 is 19.9 Å². The van der Waals surface area contributed by atoms with Gasteiger partial charge in [-0.3, -0.25) is 4.99 Å². The number of guanidine groups is 1. The third kappa shape index (κ3) is 8.82. The minimum atomic E-state index is 0. The van der Waals surface area contributed by atoms with Crippen LogP contribution in [0.3, 0.4) is 0 Å². The number of hydrogen-bond donors (Lipinski definition) is 2. The highest BCUT2D eigenvalue weighted by Crippen LogP contribution is 1.89. The van der Waals surface area contributed by atoms with Gasteiger partial charge in [-0.1, -0.05) is 0 Å². The van der Waals surface area contributed by atoms with E-state index in [9.17, 15) is 0 Å². The van der Waals surface area contributed by atoms with Gasteiger partial charge in [0.05, 0.1) is 6.33 Å². The highest BCUT2D eigenvalue weighted by molar-refractivity contribution is 14.0. The molecule has 1 heterocycles. The monoisotopic (exact) mass is 381 g/mol. The number of rotatable bonds is 8. The molecule has 1 rings (SSSR count). The Labute approximate surface area is 132 Å². The second-order valence-corrected chi connectivity index (χ2v) is 3.93. The van der Waals surface area contributed by atoms with Crippen molar-refractivity contribution in [2.24, 2.45) is 4.99 Å². The van der Waals surface area contributed by atoms with E-state index in [1.165, 1.54) is 0 Å². The van der Waals surface area contributed by atoms with Gasteiger partial charge in [0.2, 0.25) is 0 Å². The van der Waals surface area contributed by atoms with Crippen LogP contribution in [0.4, 0.5) is 0 Å². The molecule has 1 aromatic rings. The number of nitrogens with one attached hydrogen (secondary N) is 2. The highest BCUT2D eigenvalue weighted by Gasteiger charge is 1.96. The lowest BCUT2D eigenvalue weighted by atomic mass is 10.4. The van der Waals surface area contributed by atoms with Gasteiger partial charge in [-0.05, 0) is 12.8 Å². The van der Waals surface area contributed by atoms with E-state index < -0.39 is 0 Å². The summed E-state index contributed by atoms with van der Waals surface area (Å²) >= 11 is 0. The second kappa shape index (κ2) is 12.2. The maximum atomic E-state index is 4.99.